The first kappa shape index (κ1) is 18.4. The number of nitrogens with one attached hydrogen (secondary N) is 2. The minimum Gasteiger partial charge on any atom is -0.497 e. The van der Waals surface area contributed by atoms with Crippen molar-refractivity contribution in [2.24, 2.45) is 0 Å². The standard InChI is InChI=1S/C19H21N5O3/c1-26-15-9-7-14(8-10-15)13-21-18-22-17(20-11-12-25)23-19(24-18)27-16-5-3-2-4-6-16/h2-10,25H,11-13H2,1H3,(H2,20,21,22,23,24). The van der Waals surface area contributed by atoms with Crippen LogP contribution in [0.15, 0.2) is 54.6 Å². The molecule has 1 heterocycles. The summed E-state index contributed by atoms with van der Waals surface area (Å²) in [6.45, 7) is 0.820. The molecule has 0 aliphatic rings. The van der Waals surface area contributed by atoms with Crippen molar-refractivity contribution in [1.82, 2.24) is 15.0 Å². The van der Waals surface area contributed by atoms with Gasteiger partial charge in [0.15, 0.2) is 0 Å². The molecule has 0 fully saturated rings. The van der Waals surface area contributed by atoms with Crippen molar-refractivity contribution in [3.63, 3.8) is 0 Å². The Kier molecular flexibility index (Phi) is 6.37. The van der Waals surface area contributed by atoms with Gasteiger partial charge in [0.2, 0.25) is 11.9 Å². The lowest BCUT2D eigenvalue weighted by Gasteiger charge is -2.10. The molecule has 8 nitrogen and oxygen atoms in total. The summed E-state index contributed by atoms with van der Waals surface area (Å²) in [7, 11) is 1.63. The van der Waals surface area contributed by atoms with Gasteiger partial charge in [-0.25, -0.2) is 0 Å². The molecule has 0 aliphatic carbocycles. The molecule has 0 saturated carbocycles. The highest BCUT2D eigenvalue weighted by molar-refractivity contribution is 5.38. The van der Waals surface area contributed by atoms with E-state index in [4.69, 9.17) is 14.6 Å². The smallest absolute Gasteiger partial charge is 0.328 e. The van der Waals surface area contributed by atoms with E-state index in [1.165, 1.54) is 0 Å². The summed E-state index contributed by atoms with van der Waals surface area (Å²) in [5.41, 5.74) is 1.05. The Labute approximate surface area is 157 Å². The van der Waals surface area contributed by atoms with E-state index < -0.39 is 0 Å². The summed E-state index contributed by atoms with van der Waals surface area (Å²) in [4.78, 5) is 12.8. The molecule has 0 unspecified atom stereocenters. The molecule has 2 aromatic carbocycles. The highest BCUT2D eigenvalue weighted by Crippen LogP contribution is 2.20. The first-order valence-electron chi connectivity index (χ1n) is 8.47. The Balaban J connectivity index is 1.74. The Morgan fingerprint density at radius 1 is 0.852 bits per heavy atom. The van der Waals surface area contributed by atoms with Crippen LogP contribution in [-0.2, 0) is 6.54 Å². The van der Waals surface area contributed by atoms with Crippen LogP contribution in [-0.4, -0.2) is 40.3 Å². The van der Waals surface area contributed by atoms with Crippen LogP contribution in [0.2, 0.25) is 0 Å². The first-order valence-corrected chi connectivity index (χ1v) is 8.47. The minimum absolute atomic E-state index is 0.0326. The van der Waals surface area contributed by atoms with Crippen LogP contribution in [0.1, 0.15) is 5.56 Å². The zero-order valence-electron chi connectivity index (χ0n) is 14.9. The number of rotatable bonds is 9. The zero-order valence-corrected chi connectivity index (χ0v) is 14.9. The summed E-state index contributed by atoms with van der Waals surface area (Å²) >= 11 is 0. The minimum atomic E-state index is -0.0326. The van der Waals surface area contributed by atoms with E-state index in [9.17, 15) is 0 Å². The predicted octanol–water partition coefficient (Wildman–Crippen LogP) is 2.69. The van der Waals surface area contributed by atoms with E-state index in [0.717, 1.165) is 11.3 Å². The normalized spacial score (nSPS) is 10.3. The van der Waals surface area contributed by atoms with E-state index in [0.29, 0.717) is 30.7 Å². The second-order valence-corrected chi connectivity index (χ2v) is 5.53. The summed E-state index contributed by atoms with van der Waals surface area (Å²) < 4.78 is 10.9. The predicted molar refractivity (Wildman–Crippen MR) is 102 cm³/mol. The number of ether oxygens (including phenoxy) is 2. The highest BCUT2D eigenvalue weighted by Gasteiger charge is 2.09. The van der Waals surface area contributed by atoms with Gasteiger partial charge in [-0.3, -0.25) is 0 Å². The quantitative estimate of drug-likeness (QED) is 0.531. The summed E-state index contributed by atoms with van der Waals surface area (Å²) in [6.07, 6.45) is 0. The van der Waals surface area contributed by atoms with Crippen molar-refractivity contribution in [3.8, 4) is 17.5 Å². The van der Waals surface area contributed by atoms with Crippen LogP contribution in [0, 0.1) is 0 Å². The molecule has 3 N–H and O–H groups in total. The van der Waals surface area contributed by atoms with Gasteiger partial charge >= 0.3 is 6.01 Å². The van der Waals surface area contributed by atoms with Crippen LogP contribution < -0.4 is 20.1 Å². The molecule has 27 heavy (non-hydrogen) atoms. The van der Waals surface area contributed by atoms with E-state index in [2.05, 4.69) is 25.6 Å². The fourth-order valence-electron chi connectivity index (χ4n) is 2.25. The maximum Gasteiger partial charge on any atom is 0.328 e. The largest absolute Gasteiger partial charge is 0.497 e. The van der Waals surface area contributed by atoms with Gasteiger partial charge in [-0.1, -0.05) is 30.3 Å². The molecule has 0 bridgehead atoms. The van der Waals surface area contributed by atoms with Crippen LogP contribution in [0.3, 0.4) is 0 Å². The molecular formula is C19H21N5O3. The molecule has 0 radical (unpaired) electrons. The third-order valence-electron chi connectivity index (χ3n) is 3.57. The number of aliphatic hydroxyl groups excluding tert-OH is 1. The first-order chi connectivity index (χ1) is 13.3. The van der Waals surface area contributed by atoms with Crippen molar-refractivity contribution in [2.45, 2.75) is 6.54 Å². The zero-order chi connectivity index (χ0) is 18.9. The van der Waals surface area contributed by atoms with Gasteiger partial charge in [0, 0.05) is 13.1 Å². The summed E-state index contributed by atoms with van der Waals surface area (Å²) in [5, 5.41) is 15.1. The van der Waals surface area contributed by atoms with Gasteiger partial charge in [0.1, 0.15) is 11.5 Å². The van der Waals surface area contributed by atoms with Crippen molar-refractivity contribution < 1.29 is 14.6 Å². The SMILES string of the molecule is COc1ccc(CNc2nc(NCCO)nc(Oc3ccccc3)n2)cc1. The van der Waals surface area contributed by atoms with E-state index in [1.807, 2.05) is 54.6 Å². The average Bonchev–Trinajstić information content (AvgIpc) is 2.72. The molecule has 8 heteroatoms. The molecular weight excluding hydrogens is 346 g/mol. The molecule has 0 atom stereocenters. The lowest BCUT2D eigenvalue weighted by molar-refractivity contribution is 0.310. The number of methoxy groups -OCH3 is 1. The molecule has 0 amide bonds. The number of benzene rings is 2. The Morgan fingerprint density at radius 2 is 1.56 bits per heavy atom. The van der Waals surface area contributed by atoms with Crippen LogP contribution in [0.5, 0.6) is 17.5 Å². The fourth-order valence-corrected chi connectivity index (χ4v) is 2.25. The summed E-state index contributed by atoms with van der Waals surface area (Å²) in [6, 6.07) is 17.1. The van der Waals surface area contributed by atoms with Crippen LogP contribution >= 0.6 is 0 Å². The monoisotopic (exact) mass is 367 g/mol. The number of hydrogen-bond acceptors (Lipinski definition) is 8. The van der Waals surface area contributed by atoms with Gasteiger partial charge in [-0.05, 0) is 29.8 Å². The Bertz CT molecular complexity index is 844. The Morgan fingerprint density at radius 3 is 2.22 bits per heavy atom. The lowest BCUT2D eigenvalue weighted by Crippen LogP contribution is -2.12. The van der Waals surface area contributed by atoms with Crippen LogP contribution in [0.25, 0.3) is 0 Å². The average molecular weight is 367 g/mol. The number of para-hydroxylation sites is 1. The maximum absolute atomic E-state index is 9.01. The second-order valence-electron chi connectivity index (χ2n) is 5.53. The van der Waals surface area contributed by atoms with E-state index in [-0.39, 0.29) is 12.6 Å². The maximum atomic E-state index is 9.01. The van der Waals surface area contributed by atoms with Gasteiger partial charge in [-0.15, -0.1) is 0 Å². The molecule has 0 aliphatic heterocycles. The van der Waals surface area contributed by atoms with Crippen LogP contribution in [0.4, 0.5) is 11.9 Å². The molecule has 1 aromatic heterocycles. The van der Waals surface area contributed by atoms with Crippen molar-refractivity contribution >= 4 is 11.9 Å². The van der Waals surface area contributed by atoms with Crippen molar-refractivity contribution in [1.29, 1.82) is 0 Å². The van der Waals surface area contributed by atoms with E-state index >= 15 is 0 Å². The second kappa shape index (κ2) is 9.35. The third-order valence-corrected chi connectivity index (χ3v) is 3.57. The number of nitrogens with zero attached hydrogens (tertiary/aromatic N) is 3. The highest BCUT2D eigenvalue weighted by atomic mass is 16.5. The van der Waals surface area contributed by atoms with Gasteiger partial charge in [0.05, 0.1) is 13.7 Å². The lowest BCUT2D eigenvalue weighted by atomic mass is 10.2. The Hall–Kier alpha value is -3.39. The topological polar surface area (TPSA) is 101 Å². The van der Waals surface area contributed by atoms with E-state index in [1.54, 1.807) is 7.11 Å². The number of anilines is 2. The number of aromatic nitrogens is 3. The molecule has 0 spiro atoms. The molecule has 140 valence electrons. The molecule has 3 aromatic rings. The van der Waals surface area contributed by atoms with Crippen molar-refractivity contribution in [2.75, 3.05) is 30.9 Å². The molecule has 3 rings (SSSR count). The fraction of sp³-hybridized carbons (Fsp3) is 0.211. The van der Waals surface area contributed by atoms with Gasteiger partial charge in [-0.2, -0.15) is 15.0 Å². The van der Waals surface area contributed by atoms with Gasteiger partial charge in [0.25, 0.3) is 0 Å². The van der Waals surface area contributed by atoms with Crippen molar-refractivity contribution in [3.05, 3.63) is 60.2 Å². The summed E-state index contributed by atoms with van der Waals surface area (Å²) in [5.74, 6) is 2.11. The number of hydrogen-bond donors (Lipinski definition) is 3. The molecule has 0 saturated heterocycles. The third kappa shape index (κ3) is 5.55. The van der Waals surface area contributed by atoms with Gasteiger partial charge < -0.3 is 25.2 Å². The number of aliphatic hydroxyl groups is 1.